The Bertz CT molecular complexity index is 443. The van der Waals surface area contributed by atoms with Crippen molar-refractivity contribution in [2.24, 2.45) is 5.92 Å². The maximum absolute atomic E-state index is 12.7. The molecule has 0 aromatic heterocycles. The SMILES string of the molecule is CC(C)CNC(=O)C(C)NC(=O)c1ccc(F)cc1. The second kappa shape index (κ2) is 6.87. The number of benzene rings is 1. The van der Waals surface area contributed by atoms with Crippen molar-refractivity contribution in [2.75, 3.05) is 6.54 Å². The van der Waals surface area contributed by atoms with Crippen LogP contribution >= 0.6 is 0 Å². The third-order valence-corrected chi connectivity index (χ3v) is 2.53. The smallest absolute Gasteiger partial charge is 0.251 e. The molecule has 1 atom stereocenters. The molecule has 0 aliphatic carbocycles. The predicted octanol–water partition coefficient (Wildman–Crippen LogP) is 1.72. The first-order valence-corrected chi connectivity index (χ1v) is 6.24. The molecule has 0 radical (unpaired) electrons. The highest BCUT2D eigenvalue weighted by Gasteiger charge is 2.16. The number of amides is 2. The van der Waals surface area contributed by atoms with Gasteiger partial charge in [0, 0.05) is 12.1 Å². The normalized spacial score (nSPS) is 12.1. The zero-order valence-electron chi connectivity index (χ0n) is 11.4. The Balaban J connectivity index is 2.51. The summed E-state index contributed by atoms with van der Waals surface area (Å²) in [4.78, 5) is 23.5. The van der Waals surface area contributed by atoms with Crippen LogP contribution in [0.15, 0.2) is 24.3 Å². The summed E-state index contributed by atoms with van der Waals surface area (Å²) in [5, 5.41) is 5.30. The fourth-order valence-electron chi connectivity index (χ4n) is 1.40. The number of hydrogen-bond donors (Lipinski definition) is 2. The van der Waals surface area contributed by atoms with Gasteiger partial charge in [0.2, 0.25) is 5.91 Å². The second-order valence-electron chi connectivity index (χ2n) is 4.84. The number of carbonyl (C=O) groups is 2. The molecule has 1 aromatic carbocycles. The summed E-state index contributed by atoms with van der Waals surface area (Å²) in [5.41, 5.74) is 0.324. The van der Waals surface area contributed by atoms with Gasteiger partial charge < -0.3 is 10.6 Å². The summed E-state index contributed by atoms with van der Waals surface area (Å²) in [5.74, 6) is -0.681. The molecule has 0 fully saturated rings. The van der Waals surface area contributed by atoms with Crippen molar-refractivity contribution in [1.82, 2.24) is 10.6 Å². The van der Waals surface area contributed by atoms with E-state index < -0.39 is 17.8 Å². The van der Waals surface area contributed by atoms with Crippen LogP contribution in [-0.4, -0.2) is 24.4 Å². The van der Waals surface area contributed by atoms with Gasteiger partial charge in [-0.3, -0.25) is 9.59 Å². The molecule has 4 nitrogen and oxygen atoms in total. The van der Waals surface area contributed by atoms with Gasteiger partial charge in [-0.2, -0.15) is 0 Å². The molecule has 2 amide bonds. The fourth-order valence-corrected chi connectivity index (χ4v) is 1.40. The molecule has 104 valence electrons. The molecule has 0 saturated carbocycles. The third kappa shape index (κ3) is 5.07. The minimum Gasteiger partial charge on any atom is -0.354 e. The van der Waals surface area contributed by atoms with Gasteiger partial charge >= 0.3 is 0 Å². The highest BCUT2D eigenvalue weighted by Crippen LogP contribution is 2.03. The molecule has 0 saturated heterocycles. The average molecular weight is 266 g/mol. The highest BCUT2D eigenvalue weighted by molar-refractivity contribution is 5.97. The van der Waals surface area contributed by atoms with Crippen LogP contribution in [0.1, 0.15) is 31.1 Å². The summed E-state index contributed by atoms with van der Waals surface area (Å²) in [6, 6.07) is 4.54. The average Bonchev–Trinajstić information content (AvgIpc) is 2.36. The molecule has 1 unspecified atom stereocenters. The largest absolute Gasteiger partial charge is 0.354 e. The third-order valence-electron chi connectivity index (χ3n) is 2.53. The molecule has 1 aromatic rings. The van der Waals surface area contributed by atoms with Gasteiger partial charge in [0.25, 0.3) is 5.91 Å². The number of rotatable bonds is 5. The molecule has 0 spiro atoms. The Hall–Kier alpha value is -1.91. The Morgan fingerprint density at radius 2 is 1.74 bits per heavy atom. The number of hydrogen-bond acceptors (Lipinski definition) is 2. The summed E-state index contributed by atoms with van der Waals surface area (Å²) in [6.45, 7) is 6.15. The van der Waals surface area contributed by atoms with Crippen LogP contribution in [0.5, 0.6) is 0 Å². The zero-order valence-corrected chi connectivity index (χ0v) is 11.4. The van der Waals surface area contributed by atoms with Crippen molar-refractivity contribution < 1.29 is 14.0 Å². The van der Waals surface area contributed by atoms with Crippen molar-refractivity contribution in [3.8, 4) is 0 Å². The predicted molar refractivity (Wildman–Crippen MR) is 71.2 cm³/mol. The first-order chi connectivity index (χ1) is 8.90. The Morgan fingerprint density at radius 3 is 2.26 bits per heavy atom. The molecule has 19 heavy (non-hydrogen) atoms. The molecule has 0 heterocycles. The minimum atomic E-state index is -0.628. The zero-order chi connectivity index (χ0) is 14.4. The van der Waals surface area contributed by atoms with Crippen LogP contribution in [0.4, 0.5) is 4.39 Å². The first-order valence-electron chi connectivity index (χ1n) is 6.24. The van der Waals surface area contributed by atoms with E-state index in [-0.39, 0.29) is 5.91 Å². The lowest BCUT2D eigenvalue weighted by Crippen LogP contribution is -2.45. The molecule has 0 aliphatic rings. The van der Waals surface area contributed by atoms with Crippen LogP contribution in [-0.2, 0) is 4.79 Å². The molecule has 2 N–H and O–H groups in total. The van der Waals surface area contributed by atoms with Crippen molar-refractivity contribution in [3.63, 3.8) is 0 Å². The Kier molecular flexibility index (Phi) is 5.48. The van der Waals surface area contributed by atoms with E-state index in [0.29, 0.717) is 18.0 Å². The fraction of sp³-hybridized carbons (Fsp3) is 0.429. The highest BCUT2D eigenvalue weighted by atomic mass is 19.1. The van der Waals surface area contributed by atoms with Crippen LogP contribution in [0.2, 0.25) is 0 Å². The van der Waals surface area contributed by atoms with E-state index in [9.17, 15) is 14.0 Å². The molecule has 5 heteroatoms. The molecule has 0 bridgehead atoms. The van der Waals surface area contributed by atoms with Crippen molar-refractivity contribution in [3.05, 3.63) is 35.6 Å². The second-order valence-corrected chi connectivity index (χ2v) is 4.84. The van der Waals surface area contributed by atoms with Gasteiger partial charge in [0.15, 0.2) is 0 Å². The monoisotopic (exact) mass is 266 g/mol. The Morgan fingerprint density at radius 1 is 1.16 bits per heavy atom. The van der Waals surface area contributed by atoms with E-state index in [2.05, 4.69) is 10.6 Å². The van der Waals surface area contributed by atoms with Crippen LogP contribution in [0.3, 0.4) is 0 Å². The van der Waals surface area contributed by atoms with Crippen molar-refractivity contribution >= 4 is 11.8 Å². The van der Waals surface area contributed by atoms with Gasteiger partial charge in [-0.15, -0.1) is 0 Å². The molecule has 0 aliphatic heterocycles. The van der Waals surface area contributed by atoms with Crippen LogP contribution in [0.25, 0.3) is 0 Å². The van der Waals surface area contributed by atoms with E-state index in [1.54, 1.807) is 6.92 Å². The quantitative estimate of drug-likeness (QED) is 0.852. The van der Waals surface area contributed by atoms with Gasteiger partial charge in [0.05, 0.1) is 0 Å². The van der Waals surface area contributed by atoms with E-state index >= 15 is 0 Å². The van der Waals surface area contributed by atoms with Crippen LogP contribution in [0, 0.1) is 11.7 Å². The summed E-state index contributed by atoms with van der Waals surface area (Å²) in [7, 11) is 0. The maximum atomic E-state index is 12.7. The number of carbonyl (C=O) groups excluding carboxylic acids is 2. The van der Waals surface area contributed by atoms with Crippen molar-refractivity contribution in [2.45, 2.75) is 26.8 Å². The van der Waals surface area contributed by atoms with Gasteiger partial charge in [-0.25, -0.2) is 4.39 Å². The lowest BCUT2D eigenvalue weighted by Gasteiger charge is -2.15. The lowest BCUT2D eigenvalue weighted by atomic mass is 10.2. The standard InChI is InChI=1S/C14H19FN2O2/c1-9(2)8-16-13(18)10(3)17-14(19)11-4-6-12(15)7-5-11/h4-7,9-10H,8H2,1-3H3,(H,16,18)(H,17,19). The number of nitrogens with one attached hydrogen (secondary N) is 2. The van der Waals surface area contributed by atoms with E-state index in [4.69, 9.17) is 0 Å². The van der Waals surface area contributed by atoms with Gasteiger partial charge in [0.1, 0.15) is 11.9 Å². The van der Waals surface area contributed by atoms with Gasteiger partial charge in [-0.1, -0.05) is 13.8 Å². The van der Waals surface area contributed by atoms with E-state index in [1.807, 2.05) is 13.8 Å². The molecular formula is C14H19FN2O2. The summed E-state index contributed by atoms with van der Waals surface area (Å²) in [6.07, 6.45) is 0. The van der Waals surface area contributed by atoms with Crippen molar-refractivity contribution in [1.29, 1.82) is 0 Å². The molecule has 1 rings (SSSR count). The maximum Gasteiger partial charge on any atom is 0.251 e. The van der Waals surface area contributed by atoms with Gasteiger partial charge in [-0.05, 0) is 37.1 Å². The topological polar surface area (TPSA) is 58.2 Å². The number of halogens is 1. The lowest BCUT2D eigenvalue weighted by molar-refractivity contribution is -0.122. The first kappa shape index (κ1) is 15.1. The summed E-state index contributed by atoms with van der Waals surface area (Å²) < 4.78 is 12.7. The van der Waals surface area contributed by atoms with E-state index in [1.165, 1.54) is 24.3 Å². The Labute approximate surface area is 112 Å². The molecular weight excluding hydrogens is 247 g/mol. The van der Waals surface area contributed by atoms with Crippen LogP contribution < -0.4 is 10.6 Å². The minimum absolute atomic E-state index is 0.232. The van der Waals surface area contributed by atoms with E-state index in [0.717, 1.165) is 0 Å². The summed E-state index contributed by atoms with van der Waals surface area (Å²) >= 11 is 0.